The molecule has 0 unspecified atom stereocenters. The number of rotatable bonds is 5. The summed E-state index contributed by atoms with van der Waals surface area (Å²) >= 11 is 0. The molecule has 1 saturated carbocycles. The van der Waals surface area contributed by atoms with Gasteiger partial charge in [-0.15, -0.1) is 0 Å². The molecule has 8 nitrogen and oxygen atoms in total. The highest BCUT2D eigenvalue weighted by atomic mass is 16.7. The second-order valence-electron chi connectivity index (χ2n) is 6.06. The molecule has 0 bridgehead atoms. The molecule has 3 amide bonds. The first kappa shape index (κ1) is 17.8. The average molecular weight is 360 g/mol. The largest absolute Gasteiger partial charge is 0.454 e. The Kier molecular flexibility index (Phi) is 5.73. The predicted octanol–water partition coefficient (Wildman–Crippen LogP) is 1.74. The van der Waals surface area contributed by atoms with E-state index in [0.717, 1.165) is 31.2 Å². The molecule has 0 atom stereocenters. The summed E-state index contributed by atoms with van der Waals surface area (Å²) in [6.45, 7) is -0.351. The number of benzene rings is 1. The van der Waals surface area contributed by atoms with Gasteiger partial charge in [0.05, 0.1) is 0 Å². The molecule has 2 aliphatic rings. The quantitative estimate of drug-likeness (QED) is 0.612. The Balaban J connectivity index is 1.39. The van der Waals surface area contributed by atoms with Crippen LogP contribution in [0.2, 0.25) is 0 Å². The van der Waals surface area contributed by atoms with Gasteiger partial charge in [0, 0.05) is 12.1 Å². The molecule has 26 heavy (non-hydrogen) atoms. The molecule has 0 saturated heterocycles. The van der Waals surface area contributed by atoms with Crippen molar-refractivity contribution in [3.8, 4) is 11.5 Å². The van der Waals surface area contributed by atoms with Crippen molar-refractivity contribution < 1.29 is 28.6 Å². The van der Waals surface area contributed by atoms with Crippen LogP contribution in [0.1, 0.15) is 31.2 Å². The Morgan fingerprint density at radius 3 is 2.73 bits per heavy atom. The number of nitrogens with one attached hydrogen (secondary N) is 2. The van der Waals surface area contributed by atoms with Gasteiger partial charge in [-0.3, -0.25) is 10.1 Å². The first-order valence-corrected chi connectivity index (χ1v) is 8.45. The summed E-state index contributed by atoms with van der Waals surface area (Å²) in [5.74, 6) is -0.107. The predicted molar refractivity (Wildman–Crippen MR) is 91.5 cm³/mol. The van der Waals surface area contributed by atoms with Gasteiger partial charge in [0.25, 0.3) is 5.91 Å². The van der Waals surface area contributed by atoms with Crippen LogP contribution in [0.3, 0.4) is 0 Å². The lowest BCUT2D eigenvalue weighted by atomic mass is 10.2. The maximum Gasteiger partial charge on any atom is 0.331 e. The van der Waals surface area contributed by atoms with Crippen LogP contribution in [-0.2, 0) is 14.3 Å². The van der Waals surface area contributed by atoms with Crippen LogP contribution in [0.4, 0.5) is 4.79 Å². The van der Waals surface area contributed by atoms with E-state index in [9.17, 15) is 14.4 Å². The highest BCUT2D eigenvalue weighted by Crippen LogP contribution is 2.32. The molecule has 1 fully saturated rings. The molecule has 1 aliphatic heterocycles. The summed E-state index contributed by atoms with van der Waals surface area (Å²) in [6, 6.07) is 4.77. The second-order valence-corrected chi connectivity index (χ2v) is 6.06. The molecule has 1 heterocycles. The highest BCUT2D eigenvalue weighted by Gasteiger charge is 2.18. The zero-order valence-corrected chi connectivity index (χ0v) is 14.2. The van der Waals surface area contributed by atoms with Crippen molar-refractivity contribution in [2.24, 2.45) is 0 Å². The number of ether oxygens (including phenoxy) is 3. The maximum atomic E-state index is 11.7. The number of fused-ring (bicyclic) bond motifs is 1. The van der Waals surface area contributed by atoms with Crippen LogP contribution in [0.25, 0.3) is 6.08 Å². The number of imide groups is 1. The third-order valence-electron chi connectivity index (χ3n) is 4.10. The Hall–Kier alpha value is -3.03. The van der Waals surface area contributed by atoms with Gasteiger partial charge in [-0.05, 0) is 36.6 Å². The average Bonchev–Trinajstić information content (AvgIpc) is 3.29. The number of amides is 3. The van der Waals surface area contributed by atoms with E-state index in [1.54, 1.807) is 18.2 Å². The van der Waals surface area contributed by atoms with Gasteiger partial charge in [-0.1, -0.05) is 18.9 Å². The van der Waals surface area contributed by atoms with Gasteiger partial charge < -0.3 is 19.5 Å². The molecule has 8 heteroatoms. The van der Waals surface area contributed by atoms with Crippen LogP contribution < -0.4 is 20.1 Å². The van der Waals surface area contributed by atoms with E-state index in [0.29, 0.717) is 11.5 Å². The first-order chi connectivity index (χ1) is 12.6. The molecule has 2 N–H and O–H groups in total. The normalized spacial score (nSPS) is 15.8. The molecule has 1 aromatic carbocycles. The lowest BCUT2D eigenvalue weighted by molar-refractivity contribution is -0.143. The fraction of sp³-hybridized carbons (Fsp3) is 0.389. The molecule has 1 aromatic rings. The summed E-state index contributed by atoms with van der Waals surface area (Å²) in [7, 11) is 0. The van der Waals surface area contributed by atoms with Crippen LogP contribution in [0.5, 0.6) is 11.5 Å². The lowest BCUT2D eigenvalue weighted by Gasteiger charge is -2.12. The highest BCUT2D eigenvalue weighted by molar-refractivity contribution is 5.96. The van der Waals surface area contributed by atoms with Gasteiger partial charge >= 0.3 is 12.0 Å². The first-order valence-electron chi connectivity index (χ1n) is 8.45. The van der Waals surface area contributed by atoms with Crippen molar-refractivity contribution >= 4 is 24.0 Å². The zero-order valence-electron chi connectivity index (χ0n) is 14.2. The number of esters is 1. The van der Waals surface area contributed by atoms with Crippen LogP contribution >= 0.6 is 0 Å². The van der Waals surface area contributed by atoms with Gasteiger partial charge in [-0.2, -0.15) is 0 Å². The molecule has 0 radical (unpaired) electrons. The van der Waals surface area contributed by atoms with E-state index in [1.807, 2.05) is 0 Å². The topological polar surface area (TPSA) is 103 Å². The SMILES string of the molecule is O=C(COC(=O)/C=C/c1ccc2c(c1)OCO2)NC(=O)NC1CCCC1. The van der Waals surface area contributed by atoms with Crippen LogP contribution in [0.15, 0.2) is 24.3 Å². The Bertz CT molecular complexity index is 724. The molecular formula is C18H20N2O6. The Morgan fingerprint density at radius 1 is 1.15 bits per heavy atom. The summed E-state index contributed by atoms with van der Waals surface area (Å²) in [6.07, 6.45) is 6.72. The molecule has 0 spiro atoms. The monoisotopic (exact) mass is 360 g/mol. The molecule has 138 valence electrons. The summed E-state index contributed by atoms with van der Waals surface area (Å²) < 4.78 is 15.3. The fourth-order valence-electron chi connectivity index (χ4n) is 2.82. The third-order valence-corrected chi connectivity index (χ3v) is 4.10. The fourth-order valence-corrected chi connectivity index (χ4v) is 2.82. The van der Waals surface area contributed by atoms with Crippen molar-refractivity contribution in [3.63, 3.8) is 0 Å². The number of hydrogen-bond donors (Lipinski definition) is 2. The number of hydrogen-bond acceptors (Lipinski definition) is 6. The van der Waals surface area contributed by atoms with Crippen molar-refractivity contribution in [1.82, 2.24) is 10.6 Å². The molecule has 0 aromatic heterocycles. The van der Waals surface area contributed by atoms with Gasteiger partial charge in [0.15, 0.2) is 18.1 Å². The van der Waals surface area contributed by atoms with E-state index < -0.39 is 24.5 Å². The number of urea groups is 1. The van der Waals surface area contributed by atoms with E-state index >= 15 is 0 Å². The molecule has 1 aliphatic carbocycles. The number of carbonyl (C=O) groups excluding carboxylic acids is 3. The Labute approximate surface area is 150 Å². The van der Waals surface area contributed by atoms with Crippen molar-refractivity contribution in [3.05, 3.63) is 29.8 Å². The van der Waals surface area contributed by atoms with Gasteiger partial charge in [0.1, 0.15) is 0 Å². The minimum atomic E-state index is -0.686. The molecule has 3 rings (SSSR count). The Morgan fingerprint density at radius 2 is 1.92 bits per heavy atom. The van der Waals surface area contributed by atoms with E-state index in [2.05, 4.69) is 10.6 Å². The zero-order chi connectivity index (χ0) is 18.4. The smallest absolute Gasteiger partial charge is 0.331 e. The standard InChI is InChI=1S/C18H20N2O6/c21-16(20-18(23)19-13-3-1-2-4-13)10-24-17(22)8-6-12-5-7-14-15(9-12)26-11-25-14/h5-9,13H,1-4,10-11H2,(H2,19,20,21,23)/b8-6+. The third kappa shape index (κ3) is 4.98. The van der Waals surface area contributed by atoms with Crippen molar-refractivity contribution in [1.29, 1.82) is 0 Å². The minimum Gasteiger partial charge on any atom is -0.454 e. The summed E-state index contributed by atoms with van der Waals surface area (Å²) in [4.78, 5) is 34.9. The van der Waals surface area contributed by atoms with Gasteiger partial charge in [-0.25, -0.2) is 9.59 Å². The summed E-state index contributed by atoms with van der Waals surface area (Å²) in [5.41, 5.74) is 0.728. The van der Waals surface area contributed by atoms with Crippen molar-refractivity contribution in [2.45, 2.75) is 31.7 Å². The second kappa shape index (κ2) is 8.37. The lowest BCUT2D eigenvalue weighted by Crippen LogP contribution is -2.44. The van der Waals surface area contributed by atoms with E-state index in [1.165, 1.54) is 12.2 Å². The van der Waals surface area contributed by atoms with E-state index in [-0.39, 0.29) is 12.8 Å². The number of carbonyl (C=O) groups is 3. The minimum absolute atomic E-state index is 0.106. The van der Waals surface area contributed by atoms with Crippen LogP contribution in [-0.4, -0.2) is 37.3 Å². The maximum absolute atomic E-state index is 11.7. The van der Waals surface area contributed by atoms with Gasteiger partial charge in [0.2, 0.25) is 6.79 Å². The summed E-state index contributed by atoms with van der Waals surface area (Å²) in [5, 5.41) is 4.86. The van der Waals surface area contributed by atoms with Crippen LogP contribution in [0, 0.1) is 0 Å². The van der Waals surface area contributed by atoms with Crippen molar-refractivity contribution in [2.75, 3.05) is 13.4 Å². The van der Waals surface area contributed by atoms with E-state index in [4.69, 9.17) is 14.2 Å². The molecular weight excluding hydrogens is 340 g/mol.